The van der Waals surface area contributed by atoms with Crippen LogP contribution in [0.4, 0.5) is 0 Å². The van der Waals surface area contributed by atoms with Gasteiger partial charge in [0.05, 0.1) is 0 Å². The molecule has 0 saturated carbocycles. The molecular weight excluding hydrogens is 240 g/mol. The number of rotatable bonds is 6. The molecule has 1 atom stereocenters. The molecule has 0 bridgehead atoms. The molecule has 106 valence electrons. The molecule has 0 aliphatic carbocycles. The Labute approximate surface area is 115 Å². The molecule has 2 N–H and O–H groups in total. The van der Waals surface area contributed by atoms with Crippen LogP contribution < -0.4 is 15.2 Å². The molecule has 19 heavy (non-hydrogen) atoms. The Hall–Kier alpha value is -1.26. The third kappa shape index (κ3) is 2.85. The fraction of sp³-hybridized carbons (Fsp3) is 0.600. The van der Waals surface area contributed by atoms with E-state index < -0.39 is 0 Å². The smallest absolute Gasteiger partial charge is 0.231 e. The van der Waals surface area contributed by atoms with Crippen LogP contribution in [0.25, 0.3) is 0 Å². The number of nitrogens with two attached hydrogens (primary N) is 1. The molecule has 1 aromatic carbocycles. The SMILES string of the molecule is CCC(CC)N(C)C(CN)c1ccc2c(c1)OCO2. The molecule has 0 radical (unpaired) electrons. The normalized spacial score (nSPS) is 15.3. The molecule has 4 heteroatoms. The van der Waals surface area contributed by atoms with E-state index in [1.165, 1.54) is 5.56 Å². The zero-order valence-corrected chi connectivity index (χ0v) is 12.1. The summed E-state index contributed by atoms with van der Waals surface area (Å²) in [4.78, 5) is 2.37. The second-order valence-corrected chi connectivity index (χ2v) is 5.00. The van der Waals surface area contributed by atoms with Gasteiger partial charge < -0.3 is 15.2 Å². The molecule has 1 heterocycles. The molecular formula is C15H24N2O2. The highest BCUT2D eigenvalue weighted by molar-refractivity contribution is 5.45. The van der Waals surface area contributed by atoms with Gasteiger partial charge in [-0.25, -0.2) is 0 Å². The first-order valence-electron chi connectivity index (χ1n) is 7.02. The minimum atomic E-state index is 0.222. The van der Waals surface area contributed by atoms with E-state index in [1.807, 2.05) is 6.07 Å². The Morgan fingerprint density at radius 3 is 2.53 bits per heavy atom. The van der Waals surface area contributed by atoms with Gasteiger partial charge in [-0.3, -0.25) is 4.90 Å². The molecule has 1 aliphatic heterocycles. The zero-order valence-electron chi connectivity index (χ0n) is 12.1. The van der Waals surface area contributed by atoms with Crippen molar-refractivity contribution in [1.29, 1.82) is 0 Å². The zero-order chi connectivity index (χ0) is 13.8. The molecule has 2 rings (SSSR count). The van der Waals surface area contributed by atoms with Gasteiger partial charge in [-0.05, 0) is 37.6 Å². The monoisotopic (exact) mass is 264 g/mol. The van der Waals surface area contributed by atoms with Crippen LogP contribution in [0, 0.1) is 0 Å². The van der Waals surface area contributed by atoms with Gasteiger partial charge in [0.15, 0.2) is 11.5 Å². The van der Waals surface area contributed by atoms with Gasteiger partial charge in [0.1, 0.15) is 0 Å². The lowest BCUT2D eigenvalue weighted by atomic mass is 10.0. The molecule has 0 aromatic heterocycles. The molecule has 1 aromatic rings. The highest BCUT2D eigenvalue weighted by atomic mass is 16.7. The number of hydrogen-bond donors (Lipinski definition) is 1. The Bertz CT molecular complexity index is 419. The van der Waals surface area contributed by atoms with Crippen LogP contribution >= 0.6 is 0 Å². The van der Waals surface area contributed by atoms with E-state index in [9.17, 15) is 0 Å². The molecule has 0 amide bonds. The highest BCUT2D eigenvalue weighted by Gasteiger charge is 2.23. The van der Waals surface area contributed by atoms with Gasteiger partial charge in [0, 0.05) is 18.6 Å². The quantitative estimate of drug-likeness (QED) is 0.857. The number of benzene rings is 1. The van der Waals surface area contributed by atoms with Crippen LogP contribution in [0.3, 0.4) is 0 Å². The summed E-state index contributed by atoms with van der Waals surface area (Å²) in [7, 11) is 2.15. The number of fused-ring (bicyclic) bond motifs is 1. The Morgan fingerprint density at radius 1 is 1.21 bits per heavy atom. The van der Waals surface area contributed by atoms with E-state index in [0.717, 1.165) is 24.3 Å². The summed E-state index contributed by atoms with van der Waals surface area (Å²) in [5.74, 6) is 1.65. The number of ether oxygens (including phenoxy) is 2. The molecule has 1 unspecified atom stereocenters. The van der Waals surface area contributed by atoms with E-state index in [-0.39, 0.29) is 6.04 Å². The summed E-state index contributed by atoms with van der Waals surface area (Å²) in [6.07, 6.45) is 2.27. The van der Waals surface area contributed by atoms with Crippen molar-refractivity contribution in [2.75, 3.05) is 20.4 Å². The lowest BCUT2D eigenvalue weighted by Crippen LogP contribution is -2.38. The molecule has 0 fully saturated rings. The second-order valence-electron chi connectivity index (χ2n) is 5.00. The van der Waals surface area contributed by atoms with Gasteiger partial charge >= 0.3 is 0 Å². The van der Waals surface area contributed by atoms with Crippen LogP contribution in [0.5, 0.6) is 11.5 Å². The van der Waals surface area contributed by atoms with Crippen LogP contribution in [0.2, 0.25) is 0 Å². The molecule has 1 aliphatic rings. The molecule has 0 saturated heterocycles. The third-order valence-corrected chi connectivity index (χ3v) is 4.01. The van der Waals surface area contributed by atoms with Gasteiger partial charge in [-0.1, -0.05) is 19.9 Å². The van der Waals surface area contributed by atoms with Crippen LogP contribution in [0.15, 0.2) is 18.2 Å². The minimum Gasteiger partial charge on any atom is -0.454 e. The predicted octanol–water partition coefficient (Wildman–Crippen LogP) is 2.54. The minimum absolute atomic E-state index is 0.222. The average molecular weight is 264 g/mol. The Balaban J connectivity index is 2.21. The van der Waals surface area contributed by atoms with Gasteiger partial charge in [-0.15, -0.1) is 0 Å². The van der Waals surface area contributed by atoms with Gasteiger partial charge in [0.2, 0.25) is 6.79 Å². The maximum Gasteiger partial charge on any atom is 0.231 e. The lowest BCUT2D eigenvalue weighted by Gasteiger charge is -2.34. The van der Waals surface area contributed by atoms with Gasteiger partial charge in [-0.2, -0.15) is 0 Å². The molecule has 0 spiro atoms. The largest absolute Gasteiger partial charge is 0.454 e. The summed E-state index contributed by atoms with van der Waals surface area (Å²) >= 11 is 0. The lowest BCUT2D eigenvalue weighted by molar-refractivity contribution is 0.166. The average Bonchev–Trinajstić information content (AvgIpc) is 2.88. The van der Waals surface area contributed by atoms with E-state index in [2.05, 4.69) is 37.9 Å². The first kappa shape index (κ1) is 14.2. The standard InChI is InChI=1S/C15H24N2O2/c1-4-12(5-2)17(3)13(9-16)11-6-7-14-15(8-11)19-10-18-14/h6-8,12-13H,4-5,9-10,16H2,1-3H3. The van der Waals surface area contributed by atoms with Crippen molar-refractivity contribution in [3.8, 4) is 11.5 Å². The predicted molar refractivity (Wildman–Crippen MR) is 76.5 cm³/mol. The van der Waals surface area contributed by atoms with Crippen molar-refractivity contribution in [2.45, 2.75) is 38.8 Å². The van der Waals surface area contributed by atoms with E-state index in [0.29, 0.717) is 19.4 Å². The van der Waals surface area contributed by atoms with Crippen LogP contribution in [-0.2, 0) is 0 Å². The first-order valence-corrected chi connectivity index (χ1v) is 7.02. The topological polar surface area (TPSA) is 47.7 Å². The summed E-state index contributed by atoms with van der Waals surface area (Å²) in [5.41, 5.74) is 7.18. The van der Waals surface area contributed by atoms with Crippen LogP contribution in [0.1, 0.15) is 38.3 Å². The van der Waals surface area contributed by atoms with Crippen molar-refractivity contribution >= 4 is 0 Å². The second kappa shape index (κ2) is 6.26. The maximum absolute atomic E-state index is 5.98. The third-order valence-electron chi connectivity index (χ3n) is 4.01. The van der Waals surface area contributed by atoms with Crippen LogP contribution in [-0.4, -0.2) is 31.3 Å². The first-order chi connectivity index (χ1) is 9.21. The number of nitrogens with zero attached hydrogens (tertiary/aromatic N) is 1. The van der Waals surface area contributed by atoms with Crippen molar-refractivity contribution in [3.63, 3.8) is 0 Å². The van der Waals surface area contributed by atoms with E-state index in [4.69, 9.17) is 15.2 Å². The Morgan fingerprint density at radius 2 is 1.89 bits per heavy atom. The fourth-order valence-electron chi connectivity index (χ4n) is 2.78. The van der Waals surface area contributed by atoms with E-state index >= 15 is 0 Å². The number of hydrogen-bond acceptors (Lipinski definition) is 4. The van der Waals surface area contributed by atoms with E-state index in [1.54, 1.807) is 0 Å². The molecule has 4 nitrogen and oxygen atoms in total. The number of likely N-dealkylation sites (N-methyl/N-ethyl adjacent to an activating group) is 1. The van der Waals surface area contributed by atoms with Gasteiger partial charge in [0.25, 0.3) is 0 Å². The Kier molecular flexibility index (Phi) is 4.66. The highest BCUT2D eigenvalue weighted by Crippen LogP contribution is 2.35. The van der Waals surface area contributed by atoms with Crippen molar-refractivity contribution in [3.05, 3.63) is 23.8 Å². The fourth-order valence-corrected chi connectivity index (χ4v) is 2.78. The van der Waals surface area contributed by atoms with Crippen molar-refractivity contribution in [2.24, 2.45) is 5.73 Å². The summed E-state index contributed by atoms with van der Waals surface area (Å²) in [6.45, 7) is 5.36. The summed E-state index contributed by atoms with van der Waals surface area (Å²) in [5, 5.41) is 0. The maximum atomic E-state index is 5.98. The summed E-state index contributed by atoms with van der Waals surface area (Å²) < 4.78 is 10.8. The van der Waals surface area contributed by atoms with Crippen molar-refractivity contribution < 1.29 is 9.47 Å². The van der Waals surface area contributed by atoms with Crippen molar-refractivity contribution in [1.82, 2.24) is 4.90 Å². The summed E-state index contributed by atoms with van der Waals surface area (Å²) in [6, 6.07) is 6.89.